The summed E-state index contributed by atoms with van der Waals surface area (Å²) in [5.41, 5.74) is 3.62. The van der Waals surface area contributed by atoms with Gasteiger partial charge in [0.1, 0.15) is 11.5 Å². The Morgan fingerprint density at radius 3 is 2.67 bits per heavy atom. The summed E-state index contributed by atoms with van der Waals surface area (Å²) in [6.45, 7) is 0. The van der Waals surface area contributed by atoms with Crippen LogP contribution >= 0.6 is 0 Å². The van der Waals surface area contributed by atoms with Crippen molar-refractivity contribution in [2.75, 3.05) is 12.4 Å². The largest absolute Gasteiger partial charge is 0.508 e. The van der Waals surface area contributed by atoms with Crippen LogP contribution in [-0.4, -0.2) is 12.2 Å². The van der Waals surface area contributed by atoms with Crippen LogP contribution in [0.15, 0.2) is 42.5 Å². The van der Waals surface area contributed by atoms with Gasteiger partial charge in [0.05, 0.1) is 13.2 Å². The molecule has 1 unspecified atom stereocenters. The van der Waals surface area contributed by atoms with E-state index in [1.54, 1.807) is 19.2 Å². The van der Waals surface area contributed by atoms with Crippen LogP contribution in [0, 0.1) is 0 Å². The Kier molecular flexibility index (Phi) is 2.59. The van der Waals surface area contributed by atoms with Crippen LogP contribution in [0.5, 0.6) is 11.5 Å². The monoisotopic (exact) mass is 241 g/mol. The van der Waals surface area contributed by atoms with Gasteiger partial charge in [-0.15, -0.1) is 0 Å². The number of hydrogen-bond donors (Lipinski definition) is 2. The Morgan fingerprint density at radius 1 is 1.17 bits per heavy atom. The third-order valence-corrected chi connectivity index (χ3v) is 3.36. The second-order valence-electron chi connectivity index (χ2n) is 4.52. The summed E-state index contributed by atoms with van der Waals surface area (Å²) >= 11 is 0. The van der Waals surface area contributed by atoms with Crippen molar-refractivity contribution in [1.29, 1.82) is 0 Å². The van der Waals surface area contributed by atoms with Crippen molar-refractivity contribution < 1.29 is 9.84 Å². The third-order valence-electron chi connectivity index (χ3n) is 3.36. The van der Waals surface area contributed by atoms with Crippen molar-refractivity contribution in [2.45, 2.75) is 12.5 Å². The quantitative estimate of drug-likeness (QED) is 0.848. The maximum absolute atomic E-state index is 9.30. The van der Waals surface area contributed by atoms with Crippen molar-refractivity contribution >= 4 is 5.69 Å². The second-order valence-corrected chi connectivity index (χ2v) is 4.52. The number of phenols is 1. The standard InChI is InChI=1S/C15H15NO2/c1-18-13-6-7-14-11(8-13)9-15(16-14)10-2-4-12(17)5-3-10/h2-8,15-17H,9H2,1H3. The minimum Gasteiger partial charge on any atom is -0.508 e. The number of hydrogen-bond acceptors (Lipinski definition) is 3. The first kappa shape index (κ1) is 11.0. The van der Waals surface area contributed by atoms with Gasteiger partial charge in [0, 0.05) is 5.69 Å². The zero-order chi connectivity index (χ0) is 12.5. The minimum absolute atomic E-state index is 0.271. The maximum atomic E-state index is 9.30. The summed E-state index contributed by atoms with van der Waals surface area (Å²) in [5.74, 6) is 1.19. The number of ether oxygens (including phenoxy) is 1. The summed E-state index contributed by atoms with van der Waals surface area (Å²) in [6, 6.07) is 13.7. The first-order chi connectivity index (χ1) is 8.76. The van der Waals surface area contributed by atoms with Crippen molar-refractivity contribution in [1.82, 2.24) is 0 Å². The van der Waals surface area contributed by atoms with E-state index in [9.17, 15) is 5.11 Å². The molecule has 1 aliphatic heterocycles. The number of anilines is 1. The van der Waals surface area contributed by atoms with Gasteiger partial charge in [-0.2, -0.15) is 0 Å². The lowest BCUT2D eigenvalue weighted by Gasteiger charge is -2.11. The Bertz CT molecular complexity index is 563. The van der Waals surface area contributed by atoms with Crippen molar-refractivity contribution in [2.24, 2.45) is 0 Å². The van der Waals surface area contributed by atoms with Gasteiger partial charge in [-0.1, -0.05) is 12.1 Å². The molecule has 2 aromatic rings. The highest BCUT2D eigenvalue weighted by atomic mass is 16.5. The molecule has 1 aliphatic rings. The Hall–Kier alpha value is -2.16. The van der Waals surface area contributed by atoms with Crippen LogP contribution in [0.3, 0.4) is 0 Å². The smallest absolute Gasteiger partial charge is 0.119 e. The first-order valence-electron chi connectivity index (χ1n) is 5.98. The first-order valence-corrected chi connectivity index (χ1v) is 5.98. The number of benzene rings is 2. The highest BCUT2D eigenvalue weighted by Gasteiger charge is 2.22. The summed E-state index contributed by atoms with van der Waals surface area (Å²) in [7, 11) is 1.68. The molecule has 3 rings (SSSR count). The van der Waals surface area contributed by atoms with E-state index in [0.717, 1.165) is 17.9 Å². The zero-order valence-electron chi connectivity index (χ0n) is 10.2. The average Bonchev–Trinajstić information content (AvgIpc) is 2.82. The Labute approximate surface area is 106 Å². The molecule has 0 spiro atoms. The molecule has 92 valence electrons. The molecule has 0 bridgehead atoms. The van der Waals surface area contributed by atoms with Gasteiger partial charge in [-0.3, -0.25) is 0 Å². The van der Waals surface area contributed by atoms with E-state index >= 15 is 0 Å². The third kappa shape index (κ3) is 1.88. The molecule has 0 radical (unpaired) electrons. The molecule has 3 heteroatoms. The lowest BCUT2D eigenvalue weighted by atomic mass is 10.0. The highest BCUT2D eigenvalue weighted by molar-refractivity contribution is 5.60. The second kappa shape index (κ2) is 4.26. The number of fused-ring (bicyclic) bond motifs is 1. The van der Waals surface area contributed by atoms with Crippen LogP contribution < -0.4 is 10.1 Å². The van der Waals surface area contributed by atoms with Crippen LogP contribution in [0.25, 0.3) is 0 Å². The molecule has 0 aromatic heterocycles. The highest BCUT2D eigenvalue weighted by Crippen LogP contribution is 2.36. The SMILES string of the molecule is COc1ccc2c(c1)CC(c1ccc(O)cc1)N2. The van der Waals surface area contributed by atoms with E-state index in [1.165, 1.54) is 11.1 Å². The summed E-state index contributed by atoms with van der Waals surface area (Å²) in [6.07, 6.45) is 0.942. The van der Waals surface area contributed by atoms with Crippen LogP contribution in [-0.2, 0) is 6.42 Å². The number of aromatic hydroxyl groups is 1. The molecule has 0 saturated carbocycles. The molecule has 1 atom stereocenters. The van der Waals surface area contributed by atoms with E-state index in [1.807, 2.05) is 18.2 Å². The molecule has 3 nitrogen and oxygen atoms in total. The average molecular weight is 241 g/mol. The molecule has 1 heterocycles. The topological polar surface area (TPSA) is 41.5 Å². The van der Waals surface area contributed by atoms with Crippen molar-refractivity contribution in [3.63, 3.8) is 0 Å². The zero-order valence-corrected chi connectivity index (χ0v) is 10.2. The van der Waals surface area contributed by atoms with Gasteiger partial charge < -0.3 is 15.2 Å². The van der Waals surface area contributed by atoms with E-state index < -0.39 is 0 Å². The molecule has 18 heavy (non-hydrogen) atoms. The fraction of sp³-hybridized carbons (Fsp3) is 0.200. The molecule has 2 aromatic carbocycles. The van der Waals surface area contributed by atoms with Crippen LogP contribution in [0.4, 0.5) is 5.69 Å². The van der Waals surface area contributed by atoms with Crippen LogP contribution in [0.2, 0.25) is 0 Å². The van der Waals surface area contributed by atoms with Crippen LogP contribution in [0.1, 0.15) is 17.2 Å². The maximum Gasteiger partial charge on any atom is 0.119 e. The Morgan fingerprint density at radius 2 is 1.94 bits per heavy atom. The molecular formula is C15H15NO2. The molecular weight excluding hydrogens is 226 g/mol. The fourth-order valence-electron chi connectivity index (χ4n) is 2.37. The number of nitrogens with one attached hydrogen (secondary N) is 1. The molecule has 2 N–H and O–H groups in total. The van der Waals surface area contributed by atoms with Crippen molar-refractivity contribution in [3.8, 4) is 11.5 Å². The lowest BCUT2D eigenvalue weighted by molar-refractivity contribution is 0.414. The van der Waals surface area contributed by atoms with Gasteiger partial charge in [0.2, 0.25) is 0 Å². The number of rotatable bonds is 2. The summed E-state index contributed by atoms with van der Waals surface area (Å²) in [4.78, 5) is 0. The summed E-state index contributed by atoms with van der Waals surface area (Å²) in [5, 5.41) is 12.8. The minimum atomic E-state index is 0.271. The van der Waals surface area contributed by atoms with Crippen molar-refractivity contribution in [3.05, 3.63) is 53.6 Å². The normalized spacial score (nSPS) is 17.1. The predicted molar refractivity (Wildman–Crippen MR) is 71.2 cm³/mol. The molecule has 0 saturated heterocycles. The molecule has 0 aliphatic carbocycles. The number of phenolic OH excluding ortho intramolecular Hbond substituents is 1. The fourth-order valence-corrected chi connectivity index (χ4v) is 2.37. The molecule has 0 fully saturated rings. The summed E-state index contributed by atoms with van der Waals surface area (Å²) < 4.78 is 5.24. The van der Waals surface area contributed by atoms with E-state index in [2.05, 4.69) is 17.4 Å². The van der Waals surface area contributed by atoms with E-state index in [0.29, 0.717) is 5.75 Å². The Balaban J connectivity index is 1.86. The van der Waals surface area contributed by atoms with E-state index in [-0.39, 0.29) is 6.04 Å². The predicted octanol–water partition coefficient (Wildman–Crippen LogP) is 3.11. The lowest BCUT2D eigenvalue weighted by Crippen LogP contribution is -2.04. The van der Waals surface area contributed by atoms with Gasteiger partial charge >= 0.3 is 0 Å². The molecule has 0 amide bonds. The van der Waals surface area contributed by atoms with Gasteiger partial charge in [-0.05, 0) is 47.9 Å². The number of methoxy groups -OCH3 is 1. The van der Waals surface area contributed by atoms with Gasteiger partial charge in [0.25, 0.3) is 0 Å². The van der Waals surface area contributed by atoms with E-state index in [4.69, 9.17) is 4.74 Å². The van der Waals surface area contributed by atoms with Gasteiger partial charge in [0.15, 0.2) is 0 Å². The van der Waals surface area contributed by atoms with Gasteiger partial charge in [-0.25, -0.2) is 0 Å².